The minimum atomic E-state index is -0.199. The van der Waals surface area contributed by atoms with Gasteiger partial charge in [0.1, 0.15) is 5.75 Å². The molecule has 4 N–H and O–H groups in total. The Bertz CT molecular complexity index is 492. The van der Waals surface area contributed by atoms with Gasteiger partial charge in [0.2, 0.25) is 5.91 Å². The first-order chi connectivity index (χ1) is 9.10. The van der Waals surface area contributed by atoms with Crippen LogP contribution in [0.1, 0.15) is 23.2 Å². The minimum Gasteiger partial charge on any atom is -0.495 e. The molecule has 0 aliphatic carbocycles. The van der Waals surface area contributed by atoms with Crippen LogP contribution >= 0.6 is 0 Å². The zero-order valence-corrected chi connectivity index (χ0v) is 10.7. The van der Waals surface area contributed by atoms with E-state index in [2.05, 4.69) is 10.6 Å². The highest BCUT2D eigenvalue weighted by Crippen LogP contribution is 2.21. The summed E-state index contributed by atoms with van der Waals surface area (Å²) in [5, 5.41) is 5.59. The molecular formula is C13H17N3O3. The van der Waals surface area contributed by atoms with E-state index in [1.165, 1.54) is 7.11 Å². The molecule has 1 fully saturated rings. The van der Waals surface area contributed by atoms with E-state index in [1.807, 2.05) is 0 Å². The van der Waals surface area contributed by atoms with Crippen molar-refractivity contribution in [2.24, 2.45) is 0 Å². The highest BCUT2D eigenvalue weighted by atomic mass is 16.5. The van der Waals surface area contributed by atoms with Crippen LogP contribution in [-0.4, -0.2) is 31.5 Å². The zero-order valence-electron chi connectivity index (χ0n) is 10.7. The molecule has 6 heteroatoms. The van der Waals surface area contributed by atoms with Crippen LogP contribution < -0.4 is 21.1 Å². The average molecular weight is 263 g/mol. The van der Waals surface area contributed by atoms with Gasteiger partial charge in [0, 0.05) is 24.6 Å². The Morgan fingerprint density at radius 2 is 2.32 bits per heavy atom. The number of piperidine rings is 1. The van der Waals surface area contributed by atoms with Crippen molar-refractivity contribution in [1.29, 1.82) is 0 Å². The normalized spacial score (nSPS) is 18.6. The molecule has 102 valence electrons. The quantitative estimate of drug-likeness (QED) is 0.683. The third kappa shape index (κ3) is 3.15. The number of nitrogens with one attached hydrogen (secondary N) is 2. The fourth-order valence-electron chi connectivity index (χ4n) is 2.00. The number of carbonyl (C=O) groups is 2. The molecule has 1 heterocycles. The number of benzene rings is 1. The Balaban J connectivity index is 2.00. The smallest absolute Gasteiger partial charge is 0.251 e. The summed E-state index contributed by atoms with van der Waals surface area (Å²) in [6.45, 7) is 0.468. The predicted molar refractivity (Wildman–Crippen MR) is 70.9 cm³/mol. The molecule has 19 heavy (non-hydrogen) atoms. The lowest BCUT2D eigenvalue weighted by Gasteiger charge is -2.23. The summed E-state index contributed by atoms with van der Waals surface area (Å²) in [7, 11) is 1.52. The molecule has 1 aliphatic heterocycles. The molecule has 1 unspecified atom stereocenters. The first kappa shape index (κ1) is 13.2. The van der Waals surface area contributed by atoms with Crippen molar-refractivity contribution in [1.82, 2.24) is 10.6 Å². The van der Waals surface area contributed by atoms with E-state index in [1.54, 1.807) is 18.2 Å². The van der Waals surface area contributed by atoms with Gasteiger partial charge >= 0.3 is 0 Å². The van der Waals surface area contributed by atoms with Gasteiger partial charge in [-0.25, -0.2) is 0 Å². The van der Waals surface area contributed by atoms with Crippen molar-refractivity contribution < 1.29 is 14.3 Å². The molecule has 2 amide bonds. The SMILES string of the molecule is COc1ccc(C(=O)NC2CCC(=O)NC2)cc1N. The third-order valence-corrected chi connectivity index (χ3v) is 3.09. The largest absolute Gasteiger partial charge is 0.495 e. The number of rotatable bonds is 3. The first-order valence-electron chi connectivity index (χ1n) is 6.11. The van der Waals surface area contributed by atoms with E-state index in [9.17, 15) is 9.59 Å². The third-order valence-electron chi connectivity index (χ3n) is 3.09. The lowest BCUT2D eigenvalue weighted by Crippen LogP contribution is -2.47. The molecule has 6 nitrogen and oxygen atoms in total. The van der Waals surface area contributed by atoms with Gasteiger partial charge < -0.3 is 21.1 Å². The highest BCUT2D eigenvalue weighted by molar-refractivity contribution is 5.95. The minimum absolute atomic E-state index is 0.0270. The molecule has 2 rings (SSSR count). The van der Waals surface area contributed by atoms with Crippen molar-refractivity contribution in [2.45, 2.75) is 18.9 Å². The molecule has 0 bridgehead atoms. The maximum atomic E-state index is 12.0. The van der Waals surface area contributed by atoms with Gasteiger partial charge in [-0.1, -0.05) is 0 Å². The van der Waals surface area contributed by atoms with Crippen LogP contribution in [0.2, 0.25) is 0 Å². The number of ether oxygens (including phenoxy) is 1. The predicted octanol–water partition coefficient (Wildman–Crippen LogP) is 0.286. The van der Waals surface area contributed by atoms with Crippen LogP contribution in [0, 0.1) is 0 Å². The van der Waals surface area contributed by atoms with Crippen LogP contribution in [0.3, 0.4) is 0 Å². The molecule has 0 saturated carbocycles. The summed E-state index contributed by atoms with van der Waals surface area (Å²) in [6, 6.07) is 4.86. The van der Waals surface area contributed by atoms with Crippen molar-refractivity contribution in [3.63, 3.8) is 0 Å². The Morgan fingerprint density at radius 3 is 2.89 bits per heavy atom. The van der Waals surface area contributed by atoms with E-state index in [0.717, 1.165) is 0 Å². The molecule has 1 aromatic carbocycles. The Morgan fingerprint density at radius 1 is 1.53 bits per heavy atom. The molecule has 0 spiro atoms. The number of nitrogens with two attached hydrogens (primary N) is 1. The Kier molecular flexibility index (Phi) is 3.89. The lowest BCUT2D eigenvalue weighted by atomic mass is 10.1. The maximum Gasteiger partial charge on any atom is 0.251 e. The summed E-state index contributed by atoms with van der Waals surface area (Å²) in [6.07, 6.45) is 1.10. The highest BCUT2D eigenvalue weighted by Gasteiger charge is 2.20. The van der Waals surface area contributed by atoms with Crippen molar-refractivity contribution in [2.75, 3.05) is 19.4 Å². The van der Waals surface area contributed by atoms with E-state index < -0.39 is 0 Å². The fourth-order valence-corrected chi connectivity index (χ4v) is 2.00. The fraction of sp³-hybridized carbons (Fsp3) is 0.385. The van der Waals surface area contributed by atoms with Gasteiger partial charge in [-0.15, -0.1) is 0 Å². The molecule has 0 radical (unpaired) electrons. The molecule has 1 aliphatic rings. The number of methoxy groups -OCH3 is 1. The van der Waals surface area contributed by atoms with Gasteiger partial charge in [0.05, 0.1) is 12.8 Å². The topological polar surface area (TPSA) is 93.4 Å². The Labute approximate surface area is 111 Å². The second kappa shape index (κ2) is 5.60. The number of amides is 2. The zero-order chi connectivity index (χ0) is 13.8. The van der Waals surface area contributed by atoms with Crippen molar-refractivity contribution in [3.8, 4) is 5.75 Å². The van der Waals surface area contributed by atoms with Gasteiger partial charge in [-0.3, -0.25) is 9.59 Å². The number of anilines is 1. The summed E-state index contributed by atoms with van der Waals surface area (Å²) < 4.78 is 5.04. The summed E-state index contributed by atoms with van der Waals surface area (Å²) in [5.74, 6) is 0.371. The second-order valence-corrected chi connectivity index (χ2v) is 4.47. The maximum absolute atomic E-state index is 12.0. The second-order valence-electron chi connectivity index (χ2n) is 4.47. The number of hydrogen-bond donors (Lipinski definition) is 3. The van der Waals surface area contributed by atoms with Crippen LogP contribution in [0.4, 0.5) is 5.69 Å². The monoisotopic (exact) mass is 263 g/mol. The van der Waals surface area contributed by atoms with Crippen molar-refractivity contribution >= 4 is 17.5 Å². The van der Waals surface area contributed by atoms with Gasteiger partial charge in [-0.05, 0) is 24.6 Å². The summed E-state index contributed by atoms with van der Waals surface area (Å²) in [5.41, 5.74) is 6.66. The van der Waals surface area contributed by atoms with E-state index in [4.69, 9.17) is 10.5 Å². The molecule has 1 aromatic rings. The van der Waals surface area contributed by atoms with Gasteiger partial charge in [0.15, 0.2) is 0 Å². The van der Waals surface area contributed by atoms with E-state index >= 15 is 0 Å². The number of nitrogen functional groups attached to an aromatic ring is 1. The molecule has 1 saturated heterocycles. The standard InChI is InChI=1S/C13H17N3O3/c1-19-11-4-2-8(6-10(11)14)13(18)16-9-3-5-12(17)15-7-9/h2,4,6,9H,3,5,7,14H2,1H3,(H,15,17)(H,16,18). The number of carbonyl (C=O) groups excluding carboxylic acids is 2. The van der Waals surface area contributed by atoms with Crippen LogP contribution in [0.5, 0.6) is 5.75 Å². The molecule has 1 atom stereocenters. The van der Waals surface area contributed by atoms with Crippen LogP contribution in [0.25, 0.3) is 0 Å². The first-order valence-corrected chi connectivity index (χ1v) is 6.11. The summed E-state index contributed by atoms with van der Waals surface area (Å²) in [4.78, 5) is 23.1. The van der Waals surface area contributed by atoms with E-state index in [0.29, 0.717) is 36.4 Å². The van der Waals surface area contributed by atoms with Crippen LogP contribution in [0.15, 0.2) is 18.2 Å². The molecule has 0 aromatic heterocycles. The number of hydrogen-bond acceptors (Lipinski definition) is 4. The Hall–Kier alpha value is -2.24. The summed E-state index contributed by atoms with van der Waals surface area (Å²) >= 11 is 0. The van der Waals surface area contributed by atoms with Crippen LogP contribution in [-0.2, 0) is 4.79 Å². The van der Waals surface area contributed by atoms with Crippen molar-refractivity contribution in [3.05, 3.63) is 23.8 Å². The van der Waals surface area contributed by atoms with Gasteiger partial charge in [0.25, 0.3) is 5.91 Å². The average Bonchev–Trinajstić information content (AvgIpc) is 2.41. The molecular weight excluding hydrogens is 246 g/mol. The van der Waals surface area contributed by atoms with Gasteiger partial charge in [-0.2, -0.15) is 0 Å². The lowest BCUT2D eigenvalue weighted by molar-refractivity contribution is -0.122. The van der Waals surface area contributed by atoms with E-state index in [-0.39, 0.29) is 17.9 Å².